The molecule has 1 N–H and O–H groups in total. The van der Waals surface area contributed by atoms with E-state index in [0.29, 0.717) is 6.04 Å². The molecular weight excluding hydrogens is 334 g/mol. The first-order chi connectivity index (χ1) is 9.51. The highest BCUT2D eigenvalue weighted by atomic mass is 79.9. The van der Waals surface area contributed by atoms with E-state index in [-0.39, 0.29) is 6.04 Å². The Balaban J connectivity index is 2.07. The molecule has 2 rings (SSSR count). The molecule has 2 atom stereocenters. The van der Waals surface area contributed by atoms with Crippen molar-refractivity contribution >= 4 is 27.3 Å². The summed E-state index contributed by atoms with van der Waals surface area (Å²) in [5.41, 5.74) is 1.25. The van der Waals surface area contributed by atoms with E-state index < -0.39 is 0 Å². The number of hydrogen-bond donors (Lipinski definition) is 1. The maximum Gasteiger partial charge on any atom is 0.133 e. The Bertz CT molecular complexity index is 582. The molecule has 2 unspecified atom stereocenters. The topological polar surface area (TPSA) is 21.3 Å². The normalized spacial score (nSPS) is 14.1. The van der Waals surface area contributed by atoms with Crippen LogP contribution < -0.4 is 10.1 Å². The number of rotatable bonds is 5. The number of aryl methyl sites for hydroxylation is 1. The lowest BCUT2D eigenvalue weighted by atomic mass is 10.1. The average molecular weight is 354 g/mol. The predicted molar refractivity (Wildman–Crippen MR) is 89.7 cm³/mol. The number of hydrogen-bond acceptors (Lipinski definition) is 3. The van der Waals surface area contributed by atoms with Gasteiger partial charge in [0.25, 0.3) is 0 Å². The van der Waals surface area contributed by atoms with Crippen molar-refractivity contribution in [3.8, 4) is 5.75 Å². The first-order valence-electron chi connectivity index (χ1n) is 6.67. The van der Waals surface area contributed by atoms with Crippen LogP contribution in [-0.2, 0) is 0 Å². The zero-order chi connectivity index (χ0) is 14.7. The van der Waals surface area contributed by atoms with E-state index in [0.717, 1.165) is 10.2 Å². The quantitative estimate of drug-likeness (QED) is 0.793. The maximum atomic E-state index is 5.27. The molecule has 0 aliphatic rings. The van der Waals surface area contributed by atoms with Gasteiger partial charge in [-0.25, -0.2) is 0 Å². The highest BCUT2D eigenvalue weighted by Gasteiger charge is 2.13. The Morgan fingerprint density at radius 1 is 1.15 bits per heavy atom. The maximum absolute atomic E-state index is 5.27. The molecular formula is C16H20BrNOS. The summed E-state index contributed by atoms with van der Waals surface area (Å²) in [6.07, 6.45) is 0. The van der Waals surface area contributed by atoms with Gasteiger partial charge in [0.2, 0.25) is 0 Å². The second-order valence-electron chi connectivity index (χ2n) is 4.95. The molecule has 0 saturated carbocycles. The van der Waals surface area contributed by atoms with Gasteiger partial charge < -0.3 is 10.1 Å². The first-order valence-corrected chi connectivity index (χ1v) is 8.28. The van der Waals surface area contributed by atoms with Crippen LogP contribution in [0.15, 0.2) is 34.8 Å². The zero-order valence-corrected chi connectivity index (χ0v) is 14.6. The van der Waals surface area contributed by atoms with Gasteiger partial charge in [0.05, 0.1) is 11.6 Å². The Morgan fingerprint density at radius 3 is 2.45 bits per heavy atom. The summed E-state index contributed by atoms with van der Waals surface area (Å²) in [6.45, 7) is 6.54. The molecule has 0 saturated heterocycles. The van der Waals surface area contributed by atoms with Crippen molar-refractivity contribution in [1.82, 2.24) is 5.32 Å². The van der Waals surface area contributed by atoms with Gasteiger partial charge >= 0.3 is 0 Å². The summed E-state index contributed by atoms with van der Waals surface area (Å²) >= 11 is 5.39. The molecule has 4 heteroatoms. The van der Waals surface area contributed by atoms with E-state index in [9.17, 15) is 0 Å². The summed E-state index contributed by atoms with van der Waals surface area (Å²) in [5, 5.41) is 3.64. The lowest BCUT2D eigenvalue weighted by molar-refractivity contribution is 0.411. The molecule has 20 heavy (non-hydrogen) atoms. The predicted octanol–water partition coefficient (Wildman–Crippen LogP) is 5.24. The highest BCUT2D eigenvalue weighted by Crippen LogP contribution is 2.30. The number of thiophene rings is 1. The molecule has 0 amide bonds. The van der Waals surface area contributed by atoms with E-state index in [4.69, 9.17) is 4.74 Å². The van der Waals surface area contributed by atoms with Crippen LogP contribution in [0.2, 0.25) is 0 Å². The van der Waals surface area contributed by atoms with Crippen molar-refractivity contribution in [3.05, 3.63) is 50.1 Å². The Morgan fingerprint density at radius 2 is 1.90 bits per heavy atom. The summed E-state index contributed by atoms with van der Waals surface area (Å²) in [7, 11) is 1.68. The monoisotopic (exact) mass is 353 g/mol. The Labute approximate surface area is 133 Å². The molecule has 2 aromatic rings. The van der Waals surface area contributed by atoms with Gasteiger partial charge in [-0.2, -0.15) is 0 Å². The third-order valence-electron chi connectivity index (χ3n) is 3.36. The number of nitrogens with one attached hydrogen (secondary N) is 1. The fraction of sp³-hybridized carbons (Fsp3) is 0.375. The lowest BCUT2D eigenvalue weighted by Gasteiger charge is -2.20. The van der Waals surface area contributed by atoms with E-state index in [1.165, 1.54) is 15.3 Å². The van der Waals surface area contributed by atoms with E-state index in [1.54, 1.807) is 7.11 Å². The van der Waals surface area contributed by atoms with Crippen LogP contribution in [0, 0.1) is 6.92 Å². The van der Waals surface area contributed by atoms with Gasteiger partial charge in [-0.3, -0.25) is 0 Å². The molecule has 1 heterocycles. The molecule has 2 nitrogen and oxygen atoms in total. The fourth-order valence-corrected chi connectivity index (χ4v) is 3.64. The minimum atomic E-state index is 0.287. The third-order valence-corrected chi connectivity index (χ3v) is 5.17. The van der Waals surface area contributed by atoms with E-state index in [2.05, 4.69) is 66.3 Å². The smallest absolute Gasteiger partial charge is 0.133 e. The number of ether oxygens (including phenoxy) is 1. The largest absolute Gasteiger partial charge is 0.496 e. The Kier molecular flexibility index (Phi) is 5.24. The Hall–Kier alpha value is -0.840. The van der Waals surface area contributed by atoms with Gasteiger partial charge in [0.1, 0.15) is 5.75 Å². The molecule has 0 spiro atoms. The summed E-state index contributed by atoms with van der Waals surface area (Å²) < 4.78 is 6.26. The first kappa shape index (κ1) is 15.5. The summed E-state index contributed by atoms with van der Waals surface area (Å²) in [6, 6.07) is 11.2. The van der Waals surface area contributed by atoms with Crippen LogP contribution >= 0.6 is 27.3 Å². The van der Waals surface area contributed by atoms with Gasteiger partial charge in [-0.15, -0.1) is 11.3 Å². The number of halogens is 1. The summed E-state index contributed by atoms with van der Waals surface area (Å²) in [5.74, 6) is 0.864. The zero-order valence-electron chi connectivity index (χ0n) is 12.2. The van der Waals surface area contributed by atoms with Crippen LogP contribution in [0.1, 0.15) is 41.2 Å². The van der Waals surface area contributed by atoms with Crippen molar-refractivity contribution in [2.75, 3.05) is 7.11 Å². The van der Waals surface area contributed by atoms with Crippen molar-refractivity contribution in [1.29, 1.82) is 0 Å². The van der Waals surface area contributed by atoms with Gasteiger partial charge in [0, 0.05) is 21.8 Å². The molecule has 0 aliphatic carbocycles. The van der Waals surface area contributed by atoms with Gasteiger partial charge in [-0.05, 0) is 66.5 Å². The highest BCUT2D eigenvalue weighted by molar-refractivity contribution is 9.10. The molecule has 0 bridgehead atoms. The summed E-state index contributed by atoms with van der Waals surface area (Å²) in [4.78, 5) is 2.73. The standard InChI is InChI=1S/C16H20BrNOS/c1-10-5-8-16(20-10)12(3)18-11(2)13-6-7-15(19-4)14(17)9-13/h5-9,11-12,18H,1-4H3. The minimum absolute atomic E-state index is 0.287. The second-order valence-corrected chi connectivity index (χ2v) is 7.13. The van der Waals surface area contributed by atoms with Gasteiger partial charge in [0.15, 0.2) is 0 Å². The van der Waals surface area contributed by atoms with Crippen molar-refractivity contribution in [2.24, 2.45) is 0 Å². The SMILES string of the molecule is COc1ccc(C(C)NC(C)c2ccc(C)s2)cc1Br. The van der Waals surface area contributed by atoms with Crippen molar-refractivity contribution in [2.45, 2.75) is 32.9 Å². The molecule has 0 radical (unpaired) electrons. The number of benzene rings is 1. The average Bonchev–Trinajstić information content (AvgIpc) is 2.85. The van der Waals surface area contributed by atoms with Gasteiger partial charge in [-0.1, -0.05) is 6.07 Å². The molecule has 108 valence electrons. The molecule has 1 aromatic heterocycles. The number of methoxy groups -OCH3 is 1. The second kappa shape index (κ2) is 6.74. The van der Waals surface area contributed by atoms with Crippen LogP contribution in [-0.4, -0.2) is 7.11 Å². The molecule has 1 aromatic carbocycles. The van der Waals surface area contributed by atoms with E-state index >= 15 is 0 Å². The fourth-order valence-electron chi connectivity index (χ4n) is 2.19. The van der Waals surface area contributed by atoms with Crippen LogP contribution in [0.5, 0.6) is 5.75 Å². The van der Waals surface area contributed by atoms with E-state index in [1.807, 2.05) is 17.4 Å². The molecule has 0 aliphatic heterocycles. The van der Waals surface area contributed by atoms with Crippen molar-refractivity contribution < 1.29 is 4.74 Å². The lowest BCUT2D eigenvalue weighted by Crippen LogP contribution is -2.21. The van der Waals surface area contributed by atoms with Crippen LogP contribution in [0.4, 0.5) is 0 Å². The molecule has 0 fully saturated rings. The third kappa shape index (κ3) is 3.62. The van der Waals surface area contributed by atoms with Crippen LogP contribution in [0.3, 0.4) is 0 Å². The minimum Gasteiger partial charge on any atom is -0.496 e. The van der Waals surface area contributed by atoms with Crippen molar-refractivity contribution in [3.63, 3.8) is 0 Å². The van der Waals surface area contributed by atoms with Crippen LogP contribution in [0.25, 0.3) is 0 Å².